The van der Waals surface area contributed by atoms with Gasteiger partial charge in [-0.1, -0.05) is 82.6 Å². The number of imidazole rings is 1. The van der Waals surface area contributed by atoms with Gasteiger partial charge in [-0.05, 0) is 55.5 Å². The van der Waals surface area contributed by atoms with Crippen LogP contribution in [0.5, 0.6) is 0 Å². The van der Waals surface area contributed by atoms with Crippen LogP contribution < -0.4 is 9.62 Å². The maximum absolute atomic E-state index is 16.0. The number of rotatable bonds is 18. The van der Waals surface area contributed by atoms with Crippen molar-refractivity contribution >= 4 is 33.5 Å². The molecule has 0 saturated carbocycles. The summed E-state index contributed by atoms with van der Waals surface area (Å²) >= 11 is 0. The van der Waals surface area contributed by atoms with Gasteiger partial charge in [0, 0.05) is 42.6 Å². The number of amides is 2. The Kier molecular flexibility index (Phi) is 14.1. The Morgan fingerprint density at radius 3 is 2.29 bits per heavy atom. The molecule has 1 aromatic heterocycles. The van der Waals surface area contributed by atoms with Crippen molar-refractivity contribution in [3.8, 4) is 11.1 Å². The van der Waals surface area contributed by atoms with E-state index < -0.39 is 21.9 Å². The van der Waals surface area contributed by atoms with Gasteiger partial charge in [-0.2, -0.15) is 0 Å². The second kappa shape index (κ2) is 18.4. The summed E-state index contributed by atoms with van der Waals surface area (Å²) < 4.78 is 51.0. The number of nitrogens with one attached hydrogen (secondary N) is 1. The highest BCUT2D eigenvalue weighted by atomic mass is 32.2. The van der Waals surface area contributed by atoms with E-state index in [-0.39, 0.29) is 53.8 Å². The van der Waals surface area contributed by atoms with E-state index in [4.69, 9.17) is 9.72 Å². The van der Waals surface area contributed by atoms with Crippen molar-refractivity contribution in [3.05, 3.63) is 101 Å². The number of hydrogen-bond acceptors (Lipinski definition) is 7. The standard InChI is InChI=1S/C39H47FN4O6S/c1-5-9-25-50-39(47)42-51(48,49)35-20-14-13-19-31(35)28-21-22-29(32(40)26-28)27-44-36(15-6-2)41-33(8-4)38(44)34(45)23-24-43(37(46)16-7-3)30-17-11-10-12-18-30/h10-14,17-22,26H,5-9,15-16,23-25,27H2,1-4H3,(H,42,47). The number of carbonyl (C=O) groups excluding carboxylic acids is 3. The summed E-state index contributed by atoms with van der Waals surface area (Å²) in [5.74, 6) is -0.188. The molecule has 4 rings (SSSR count). The zero-order valence-corrected chi connectivity index (χ0v) is 30.6. The first-order valence-electron chi connectivity index (χ1n) is 17.6. The molecule has 0 fully saturated rings. The third kappa shape index (κ3) is 9.90. The zero-order chi connectivity index (χ0) is 37.0. The van der Waals surface area contributed by atoms with Crippen molar-refractivity contribution in [1.29, 1.82) is 0 Å². The minimum absolute atomic E-state index is 0.0256. The fourth-order valence-electron chi connectivity index (χ4n) is 5.84. The Balaban J connectivity index is 1.63. The van der Waals surface area contributed by atoms with Gasteiger partial charge in [0.2, 0.25) is 5.91 Å². The molecule has 0 unspecified atom stereocenters. The van der Waals surface area contributed by atoms with Crippen molar-refractivity contribution < 1.29 is 31.9 Å². The average Bonchev–Trinajstić information content (AvgIpc) is 3.46. The van der Waals surface area contributed by atoms with Gasteiger partial charge in [0.25, 0.3) is 10.0 Å². The number of halogens is 1. The number of nitrogens with zero attached hydrogens (tertiary/aromatic N) is 3. The molecule has 0 aliphatic heterocycles. The van der Waals surface area contributed by atoms with Crippen molar-refractivity contribution in [2.24, 2.45) is 0 Å². The van der Waals surface area contributed by atoms with E-state index in [0.29, 0.717) is 54.9 Å². The number of anilines is 1. The molecular formula is C39H47FN4O6S. The number of ether oxygens (including phenoxy) is 1. The number of hydrogen-bond donors (Lipinski definition) is 1. The maximum Gasteiger partial charge on any atom is 0.421 e. The van der Waals surface area contributed by atoms with Gasteiger partial charge >= 0.3 is 6.09 Å². The molecule has 0 aliphatic rings. The molecule has 272 valence electrons. The second-order valence-corrected chi connectivity index (χ2v) is 13.9. The van der Waals surface area contributed by atoms with Crippen LogP contribution in [0.1, 0.15) is 93.8 Å². The van der Waals surface area contributed by atoms with Crippen LogP contribution in [0.3, 0.4) is 0 Å². The van der Waals surface area contributed by atoms with Gasteiger partial charge in [0.1, 0.15) is 17.3 Å². The molecule has 12 heteroatoms. The summed E-state index contributed by atoms with van der Waals surface area (Å²) in [7, 11) is -4.33. The Hall–Kier alpha value is -4.84. The Labute approximate surface area is 300 Å². The van der Waals surface area contributed by atoms with Gasteiger partial charge in [-0.25, -0.2) is 27.3 Å². The molecule has 4 aromatic rings. The molecule has 0 bridgehead atoms. The molecule has 2 amide bonds. The molecule has 3 aromatic carbocycles. The number of unbranched alkanes of at least 4 members (excludes halogenated alkanes) is 1. The van der Waals surface area contributed by atoms with Crippen molar-refractivity contribution in [2.45, 2.75) is 90.5 Å². The quantitative estimate of drug-likeness (QED) is 0.0819. The lowest BCUT2D eigenvalue weighted by Crippen LogP contribution is -2.33. The molecule has 51 heavy (non-hydrogen) atoms. The Morgan fingerprint density at radius 1 is 0.902 bits per heavy atom. The molecular weight excluding hydrogens is 672 g/mol. The topological polar surface area (TPSA) is 128 Å². The van der Waals surface area contributed by atoms with Crippen LogP contribution in [0.2, 0.25) is 0 Å². The van der Waals surface area contributed by atoms with Crippen molar-refractivity contribution in [3.63, 3.8) is 0 Å². The van der Waals surface area contributed by atoms with E-state index in [1.54, 1.807) is 27.7 Å². The lowest BCUT2D eigenvalue weighted by atomic mass is 10.0. The predicted molar refractivity (Wildman–Crippen MR) is 196 cm³/mol. The number of aromatic nitrogens is 2. The Morgan fingerprint density at radius 2 is 1.63 bits per heavy atom. The fourth-order valence-corrected chi connectivity index (χ4v) is 6.96. The fraction of sp³-hybridized carbons (Fsp3) is 0.385. The van der Waals surface area contributed by atoms with Gasteiger partial charge in [-0.15, -0.1) is 0 Å². The lowest BCUT2D eigenvalue weighted by Gasteiger charge is -2.23. The van der Waals surface area contributed by atoms with E-state index in [0.717, 1.165) is 18.5 Å². The van der Waals surface area contributed by atoms with Crippen LogP contribution in [0, 0.1) is 5.82 Å². The highest BCUT2D eigenvalue weighted by Gasteiger charge is 2.26. The first kappa shape index (κ1) is 39.0. The number of Topliss-reactive ketones (excluding diaryl/α,β-unsaturated/α-hetero) is 1. The van der Waals surface area contributed by atoms with Gasteiger partial charge in [0.05, 0.1) is 23.7 Å². The number of para-hydroxylation sites is 1. The molecule has 10 nitrogen and oxygen atoms in total. The summed E-state index contributed by atoms with van der Waals surface area (Å²) in [6.07, 6.45) is 3.21. The molecule has 1 N–H and O–H groups in total. The highest BCUT2D eigenvalue weighted by Crippen LogP contribution is 2.30. The van der Waals surface area contributed by atoms with Crippen molar-refractivity contribution in [2.75, 3.05) is 18.1 Å². The first-order chi connectivity index (χ1) is 24.5. The molecule has 0 aliphatic carbocycles. The monoisotopic (exact) mass is 718 g/mol. The first-order valence-corrected chi connectivity index (χ1v) is 19.1. The van der Waals surface area contributed by atoms with Gasteiger partial charge < -0.3 is 14.2 Å². The minimum atomic E-state index is -4.33. The lowest BCUT2D eigenvalue weighted by molar-refractivity contribution is -0.118. The second-order valence-electron chi connectivity index (χ2n) is 12.2. The molecule has 0 radical (unpaired) electrons. The number of aryl methyl sites for hydroxylation is 2. The summed E-state index contributed by atoms with van der Waals surface area (Å²) in [5.41, 5.74) is 2.52. The summed E-state index contributed by atoms with van der Waals surface area (Å²) in [5, 5.41) is 0. The number of sulfonamides is 1. The van der Waals surface area contributed by atoms with Crippen LogP contribution in [-0.4, -0.2) is 48.9 Å². The van der Waals surface area contributed by atoms with Crippen molar-refractivity contribution in [1.82, 2.24) is 14.3 Å². The number of carbonyl (C=O) groups is 3. The molecule has 1 heterocycles. The molecule has 0 saturated heterocycles. The van der Waals surface area contributed by atoms with Crippen LogP contribution in [0.15, 0.2) is 77.7 Å². The normalized spacial score (nSPS) is 11.3. The van der Waals surface area contributed by atoms with Crippen LogP contribution in [0.4, 0.5) is 14.9 Å². The van der Waals surface area contributed by atoms with Crippen LogP contribution >= 0.6 is 0 Å². The van der Waals surface area contributed by atoms with E-state index in [9.17, 15) is 22.8 Å². The van der Waals surface area contributed by atoms with Gasteiger partial charge in [0.15, 0.2) is 5.78 Å². The maximum atomic E-state index is 16.0. The average molecular weight is 719 g/mol. The smallest absolute Gasteiger partial charge is 0.421 e. The van der Waals surface area contributed by atoms with Crippen LogP contribution in [-0.2, 0) is 38.9 Å². The van der Waals surface area contributed by atoms with E-state index in [1.165, 1.54) is 24.3 Å². The summed E-state index contributed by atoms with van der Waals surface area (Å²) in [6.45, 7) is 8.07. The number of benzene rings is 3. The predicted octanol–water partition coefficient (Wildman–Crippen LogP) is 7.87. The summed E-state index contributed by atoms with van der Waals surface area (Å²) in [6, 6.07) is 19.7. The minimum Gasteiger partial charge on any atom is -0.449 e. The Bertz CT molecular complexity index is 1930. The van der Waals surface area contributed by atoms with Gasteiger partial charge in [-0.3, -0.25) is 9.59 Å². The largest absolute Gasteiger partial charge is 0.449 e. The van der Waals surface area contributed by atoms with E-state index in [2.05, 4.69) is 0 Å². The third-order valence-corrected chi connectivity index (χ3v) is 9.77. The third-order valence-electron chi connectivity index (χ3n) is 8.40. The molecule has 0 atom stereocenters. The zero-order valence-electron chi connectivity index (χ0n) is 29.8. The van der Waals surface area contributed by atoms with E-state index in [1.807, 2.05) is 62.7 Å². The van der Waals surface area contributed by atoms with Crippen LogP contribution in [0.25, 0.3) is 11.1 Å². The summed E-state index contributed by atoms with van der Waals surface area (Å²) in [4.78, 5) is 45.4. The van der Waals surface area contributed by atoms with E-state index >= 15 is 4.39 Å². The molecule has 0 spiro atoms. The SMILES string of the molecule is CCCCOC(=O)NS(=O)(=O)c1ccccc1-c1ccc(Cn2c(CCC)nc(CC)c2C(=O)CCN(C(=O)CCC)c2ccccc2)c(F)c1. The number of ketones is 1. The highest BCUT2D eigenvalue weighted by molar-refractivity contribution is 7.90.